The first-order chi connectivity index (χ1) is 24.1. The highest BCUT2D eigenvalue weighted by atomic mass is 19.1. The van der Waals surface area contributed by atoms with Crippen LogP contribution < -0.4 is 10.2 Å². The molecule has 12 heteroatoms. The highest BCUT2D eigenvalue weighted by Crippen LogP contribution is 2.31. The highest BCUT2D eigenvalue weighted by molar-refractivity contribution is 6.38. The lowest BCUT2D eigenvalue weighted by atomic mass is 9.79. The van der Waals surface area contributed by atoms with E-state index in [0.717, 1.165) is 25.9 Å². The number of likely N-dealkylation sites (N-methyl/N-ethyl adjacent to an activating group) is 1. The van der Waals surface area contributed by atoms with Gasteiger partial charge in [0.1, 0.15) is 11.9 Å². The average Bonchev–Trinajstić information content (AvgIpc) is 3.07. The predicted molar refractivity (Wildman–Crippen MR) is 197 cm³/mol. The number of benzene rings is 1. The number of anilines is 1. The van der Waals surface area contributed by atoms with Gasteiger partial charge in [0.15, 0.2) is 0 Å². The van der Waals surface area contributed by atoms with Gasteiger partial charge in [-0.3, -0.25) is 9.59 Å². The number of nitrogens with one attached hydrogen (secondary N) is 1. The van der Waals surface area contributed by atoms with Crippen LogP contribution in [0.5, 0.6) is 0 Å². The van der Waals surface area contributed by atoms with Crippen molar-refractivity contribution in [1.82, 2.24) is 20.0 Å². The number of ketones is 2. The number of nitrogens with zero attached hydrogens (tertiary/aromatic N) is 4. The average molecular weight is 712 g/mol. The summed E-state index contributed by atoms with van der Waals surface area (Å²) in [5, 5.41) is 13.7. The van der Waals surface area contributed by atoms with Crippen LogP contribution in [0.3, 0.4) is 0 Å². The van der Waals surface area contributed by atoms with E-state index >= 15 is 4.39 Å². The Bertz CT molecular complexity index is 1450. The van der Waals surface area contributed by atoms with Gasteiger partial charge in [-0.15, -0.1) is 0 Å². The molecule has 0 bridgehead atoms. The first-order valence-electron chi connectivity index (χ1n) is 18.5. The van der Waals surface area contributed by atoms with Crippen LogP contribution in [0, 0.1) is 23.6 Å². The van der Waals surface area contributed by atoms with Crippen molar-refractivity contribution in [1.29, 1.82) is 0 Å². The third-order valence-electron chi connectivity index (χ3n) is 10.5. The van der Waals surface area contributed by atoms with Crippen LogP contribution in [0.25, 0.3) is 6.08 Å². The molecule has 1 aliphatic carbocycles. The van der Waals surface area contributed by atoms with Gasteiger partial charge in [0.05, 0.1) is 12.0 Å². The van der Waals surface area contributed by atoms with E-state index in [1.54, 1.807) is 17.9 Å². The largest absolute Gasteiger partial charge is 0.442 e. The molecule has 1 aromatic carbocycles. The fourth-order valence-electron chi connectivity index (χ4n) is 7.23. The van der Waals surface area contributed by atoms with Gasteiger partial charge in [-0.1, -0.05) is 31.6 Å². The Morgan fingerprint density at radius 2 is 1.65 bits per heavy atom. The Morgan fingerprint density at radius 3 is 2.29 bits per heavy atom. The Morgan fingerprint density at radius 1 is 0.980 bits per heavy atom. The van der Waals surface area contributed by atoms with Gasteiger partial charge >= 0.3 is 12.1 Å². The second kappa shape index (κ2) is 18.1. The smallest absolute Gasteiger partial charge is 0.410 e. The third-order valence-corrected chi connectivity index (χ3v) is 10.5. The van der Waals surface area contributed by atoms with Crippen molar-refractivity contribution in [2.75, 3.05) is 58.3 Å². The maximum atomic E-state index is 15.1. The minimum Gasteiger partial charge on any atom is -0.442 e. The topological polar surface area (TPSA) is 123 Å². The van der Waals surface area contributed by atoms with Crippen molar-refractivity contribution in [3.63, 3.8) is 0 Å². The van der Waals surface area contributed by atoms with Crippen LogP contribution in [0.2, 0.25) is 0 Å². The van der Waals surface area contributed by atoms with E-state index in [-0.39, 0.29) is 36.9 Å². The van der Waals surface area contributed by atoms with Crippen LogP contribution in [0.4, 0.5) is 19.7 Å². The molecule has 0 radical (unpaired) electrons. The van der Waals surface area contributed by atoms with E-state index in [2.05, 4.69) is 10.2 Å². The first kappa shape index (κ1) is 40.0. The lowest BCUT2D eigenvalue weighted by Gasteiger charge is -2.38. The molecule has 282 valence electrons. The number of allylic oxidation sites excluding steroid dienone is 2. The number of piperidine rings is 1. The van der Waals surface area contributed by atoms with Gasteiger partial charge in [0.25, 0.3) is 0 Å². The fourth-order valence-corrected chi connectivity index (χ4v) is 7.23. The summed E-state index contributed by atoms with van der Waals surface area (Å²) in [6.45, 7) is 13.3. The van der Waals surface area contributed by atoms with Crippen LogP contribution >= 0.6 is 0 Å². The number of halogens is 1. The maximum absolute atomic E-state index is 15.1. The number of hydrogen-bond donors (Lipinski definition) is 2. The van der Waals surface area contributed by atoms with Gasteiger partial charge in [-0.05, 0) is 95.2 Å². The number of aliphatic hydroxyl groups is 1. The minimum atomic E-state index is -1.00. The summed E-state index contributed by atoms with van der Waals surface area (Å²) < 4.78 is 21.1. The number of hydrogen-bond acceptors (Lipinski definition) is 8. The van der Waals surface area contributed by atoms with E-state index in [1.165, 1.54) is 12.1 Å². The number of likely N-dealkylation sites (tertiary alicyclic amines) is 1. The molecule has 0 saturated carbocycles. The molecule has 11 nitrogen and oxygen atoms in total. The summed E-state index contributed by atoms with van der Waals surface area (Å²) in [6, 6.07) is 4.84. The second-order valence-electron chi connectivity index (χ2n) is 15.1. The molecule has 3 aliphatic rings. The van der Waals surface area contributed by atoms with Crippen LogP contribution in [-0.4, -0.2) is 121 Å². The first-order valence-corrected chi connectivity index (χ1v) is 18.5. The van der Waals surface area contributed by atoms with Gasteiger partial charge in [0, 0.05) is 70.5 Å². The summed E-state index contributed by atoms with van der Waals surface area (Å²) in [6.07, 6.45) is 5.40. The van der Waals surface area contributed by atoms with E-state index in [1.807, 2.05) is 69.8 Å². The van der Waals surface area contributed by atoms with Crippen molar-refractivity contribution < 1.29 is 33.4 Å². The number of urea groups is 1. The van der Waals surface area contributed by atoms with Gasteiger partial charge in [0.2, 0.25) is 11.6 Å². The van der Waals surface area contributed by atoms with Crippen molar-refractivity contribution in [3.8, 4) is 0 Å². The maximum Gasteiger partial charge on any atom is 0.410 e. The fraction of sp³-hybridized carbons (Fsp3) is 0.641. The SMILES string of the molecule is C/C(=C\c1cc(F)cc(N(C)C2CCN(C(=O)NC(C)C)CC2)c1)[C@H]1C(=O)C(=O)C[C@@H](O)CC[C@@H](C)[C@@H](OC(=O)N2CCN(C)CC2)/C=C/[C@@H]1C. The molecule has 2 aliphatic heterocycles. The number of Topliss-reactive ketones (excluding diaryl/α,β-unsaturated/α-hetero) is 2. The van der Waals surface area contributed by atoms with E-state index in [9.17, 15) is 24.3 Å². The molecule has 5 atom stereocenters. The van der Waals surface area contributed by atoms with Crippen LogP contribution in [0.1, 0.15) is 72.3 Å². The van der Waals surface area contributed by atoms with Gasteiger partial charge < -0.3 is 34.8 Å². The number of carbonyl (C=O) groups excluding carboxylic acids is 4. The number of amides is 3. The van der Waals surface area contributed by atoms with Gasteiger partial charge in [-0.25, -0.2) is 14.0 Å². The molecule has 4 rings (SSSR count). The third kappa shape index (κ3) is 11.1. The Balaban J connectivity index is 1.55. The molecular weight excluding hydrogens is 653 g/mol. The summed E-state index contributed by atoms with van der Waals surface area (Å²) >= 11 is 0. The number of ether oxygens (including phenoxy) is 1. The quantitative estimate of drug-likeness (QED) is 0.308. The molecule has 1 aromatic rings. The highest BCUT2D eigenvalue weighted by Gasteiger charge is 2.34. The van der Waals surface area contributed by atoms with E-state index in [0.29, 0.717) is 49.4 Å². The number of piperazine rings is 1. The zero-order chi connectivity index (χ0) is 37.4. The monoisotopic (exact) mass is 711 g/mol. The van der Waals surface area contributed by atoms with Crippen molar-refractivity contribution in [3.05, 3.63) is 47.3 Å². The second-order valence-corrected chi connectivity index (χ2v) is 15.1. The number of carbonyl (C=O) groups is 4. The minimum absolute atomic E-state index is 0.0575. The molecule has 0 unspecified atom stereocenters. The van der Waals surface area contributed by atoms with E-state index < -0.39 is 47.5 Å². The van der Waals surface area contributed by atoms with Crippen LogP contribution in [-0.2, 0) is 14.3 Å². The Hall–Kier alpha value is -3.77. The van der Waals surface area contributed by atoms with Crippen LogP contribution in [0.15, 0.2) is 35.9 Å². The molecule has 3 amide bonds. The molecule has 2 fully saturated rings. The van der Waals surface area contributed by atoms with Crippen molar-refractivity contribution in [2.24, 2.45) is 17.8 Å². The summed E-state index contributed by atoms with van der Waals surface area (Å²) in [5.41, 5.74) is 1.81. The molecule has 2 N–H and O–H groups in total. The molecule has 2 heterocycles. The summed E-state index contributed by atoms with van der Waals surface area (Å²) in [4.78, 5) is 60.2. The number of rotatable bonds is 6. The lowest BCUT2D eigenvalue weighted by Crippen LogP contribution is -2.50. The standard InChI is InChI=1S/C39H58FN5O6/c1-25(2)41-38(49)44-14-12-31(13-15-44)43(7)32-22-29(21-30(40)23-32)20-28(5)36-27(4)9-11-35(51-39(50)45-18-16-42(6)17-19-45)26(3)8-10-33(46)24-34(47)37(36)48/h9,11,20-23,25-27,31,33,35-36,46H,8,10,12-19,24H2,1-7H3,(H,41,49)/b11-9+,28-20+/t26-,27+,33+,35+,36+/m1/s1. The lowest BCUT2D eigenvalue weighted by molar-refractivity contribution is -0.140. The van der Waals surface area contributed by atoms with Gasteiger partial charge in [-0.2, -0.15) is 0 Å². The zero-order valence-electron chi connectivity index (χ0n) is 31.4. The predicted octanol–water partition coefficient (Wildman–Crippen LogP) is 5.13. The molecule has 2 saturated heterocycles. The molecule has 51 heavy (non-hydrogen) atoms. The Labute approximate surface area is 302 Å². The van der Waals surface area contributed by atoms with Crippen molar-refractivity contribution in [2.45, 2.75) is 91.0 Å². The number of aliphatic hydroxyl groups excluding tert-OH is 1. The van der Waals surface area contributed by atoms with E-state index in [4.69, 9.17) is 4.74 Å². The summed E-state index contributed by atoms with van der Waals surface area (Å²) in [5.74, 6) is -3.13. The molecular formula is C39H58FN5O6. The Kier molecular flexibility index (Phi) is 14.2. The molecule has 0 aromatic heterocycles. The van der Waals surface area contributed by atoms with Crippen molar-refractivity contribution >= 4 is 35.5 Å². The summed E-state index contributed by atoms with van der Waals surface area (Å²) in [7, 11) is 3.94. The zero-order valence-corrected chi connectivity index (χ0v) is 31.4. The normalized spacial score (nSPS) is 27.1. The molecule has 0 spiro atoms.